The highest BCUT2D eigenvalue weighted by Crippen LogP contribution is 2.25. The van der Waals surface area contributed by atoms with Gasteiger partial charge >= 0.3 is 0 Å². The average Bonchev–Trinajstić information content (AvgIpc) is 2.66. The molecular weight excluding hydrogens is 227 g/mol. The molecule has 0 fully saturated rings. The van der Waals surface area contributed by atoms with Gasteiger partial charge in [-0.15, -0.1) is 0 Å². The van der Waals surface area contributed by atoms with E-state index in [0.717, 1.165) is 23.7 Å². The van der Waals surface area contributed by atoms with Crippen LogP contribution in [0, 0.1) is 11.3 Å². The molecule has 2 aromatic rings. The molecule has 0 spiro atoms. The largest absolute Gasteiger partial charge is 0.331 e. The number of aromatic nitrogens is 1. The van der Waals surface area contributed by atoms with Gasteiger partial charge in [0.2, 0.25) is 0 Å². The number of nitriles is 1. The highest BCUT2D eigenvalue weighted by molar-refractivity contribution is 7.14. The first-order valence-corrected chi connectivity index (χ1v) is 6.24. The number of allylic oxidation sites excluding steroid dienone is 1. The predicted octanol–water partition coefficient (Wildman–Crippen LogP) is 3.96. The lowest BCUT2D eigenvalue weighted by atomic mass is 10.1. The summed E-state index contributed by atoms with van der Waals surface area (Å²) in [4.78, 5) is 0. The molecule has 0 radical (unpaired) electrons. The molecule has 1 aromatic carbocycles. The lowest BCUT2D eigenvalue weighted by Gasteiger charge is -1.95. The van der Waals surface area contributed by atoms with Crippen molar-refractivity contribution in [1.29, 1.82) is 5.26 Å². The van der Waals surface area contributed by atoms with Gasteiger partial charge in [0, 0.05) is 11.6 Å². The van der Waals surface area contributed by atoms with E-state index in [1.807, 2.05) is 22.5 Å². The molecule has 0 aliphatic heterocycles. The van der Waals surface area contributed by atoms with Gasteiger partial charge in [-0.2, -0.15) is 5.26 Å². The van der Waals surface area contributed by atoms with E-state index in [-0.39, 0.29) is 0 Å². The Morgan fingerprint density at radius 2 is 2.29 bits per heavy atom. The molecule has 1 heterocycles. The normalized spacial score (nSPS) is 11.1. The third-order valence-electron chi connectivity index (χ3n) is 2.75. The second-order valence-electron chi connectivity index (χ2n) is 4.03. The smallest absolute Gasteiger partial charge is 0.0991 e. The Hall–Kier alpha value is -1.58. The molecule has 0 bridgehead atoms. The molecule has 0 amide bonds. The number of fused-ring (bicyclic) bond motifs is 1. The molecule has 1 atom stereocenters. The Kier molecular flexibility index (Phi) is 3.61. The van der Waals surface area contributed by atoms with Crippen molar-refractivity contribution in [2.45, 2.75) is 19.8 Å². The van der Waals surface area contributed by atoms with Crippen LogP contribution in [0.1, 0.15) is 30.9 Å². The van der Waals surface area contributed by atoms with Crippen LogP contribution in [-0.2, 0) is 0 Å². The van der Waals surface area contributed by atoms with Crippen molar-refractivity contribution in [3.63, 3.8) is 0 Å². The zero-order valence-corrected chi connectivity index (χ0v) is 11.0. The predicted molar refractivity (Wildman–Crippen MR) is 75.7 cm³/mol. The van der Waals surface area contributed by atoms with Gasteiger partial charge in [-0.1, -0.05) is 25.5 Å². The molecule has 17 heavy (non-hydrogen) atoms. The van der Waals surface area contributed by atoms with Gasteiger partial charge in [0.15, 0.2) is 0 Å². The van der Waals surface area contributed by atoms with Crippen LogP contribution in [0.2, 0.25) is 0 Å². The zero-order chi connectivity index (χ0) is 12.3. The van der Waals surface area contributed by atoms with Crippen LogP contribution >= 0.6 is 9.39 Å². The van der Waals surface area contributed by atoms with Crippen LogP contribution in [0.5, 0.6) is 0 Å². The van der Waals surface area contributed by atoms with E-state index in [0.29, 0.717) is 5.56 Å². The SMILES string of the molecule is CCCC=Cc1cn(P)c2ccc(C#N)cc12. The van der Waals surface area contributed by atoms with Crippen molar-refractivity contribution in [3.8, 4) is 6.07 Å². The quantitative estimate of drug-likeness (QED) is 0.749. The molecule has 1 unspecified atom stereocenters. The molecule has 0 N–H and O–H groups in total. The summed E-state index contributed by atoms with van der Waals surface area (Å²) >= 11 is 0. The second-order valence-corrected chi connectivity index (χ2v) is 4.58. The summed E-state index contributed by atoms with van der Waals surface area (Å²) in [5.74, 6) is 0. The minimum absolute atomic E-state index is 0.707. The summed E-state index contributed by atoms with van der Waals surface area (Å²) in [6.07, 6.45) is 8.62. The topological polar surface area (TPSA) is 28.7 Å². The first-order valence-electron chi connectivity index (χ1n) is 5.73. The number of nitrogens with zero attached hydrogens (tertiary/aromatic N) is 2. The minimum Gasteiger partial charge on any atom is -0.331 e. The standard InChI is InChI=1S/C14H15N2P/c1-2-3-4-5-12-10-16(17)14-7-6-11(9-15)8-13(12)14/h4-8,10H,2-3,17H2,1H3. The van der Waals surface area contributed by atoms with Crippen molar-refractivity contribution >= 4 is 26.4 Å². The summed E-state index contributed by atoms with van der Waals surface area (Å²) in [6.45, 7) is 2.16. The molecule has 3 heteroatoms. The molecule has 86 valence electrons. The van der Waals surface area contributed by atoms with Crippen molar-refractivity contribution in [3.05, 3.63) is 41.6 Å². The van der Waals surface area contributed by atoms with E-state index < -0.39 is 0 Å². The van der Waals surface area contributed by atoms with Crippen molar-refractivity contribution in [2.75, 3.05) is 0 Å². The summed E-state index contributed by atoms with van der Waals surface area (Å²) in [7, 11) is 2.67. The Labute approximate surface area is 104 Å². The van der Waals surface area contributed by atoms with E-state index in [2.05, 4.69) is 40.7 Å². The van der Waals surface area contributed by atoms with Gasteiger partial charge in [0.25, 0.3) is 0 Å². The molecule has 1 aromatic heterocycles. The summed E-state index contributed by atoms with van der Waals surface area (Å²) < 4.78 is 2.02. The first-order chi connectivity index (χ1) is 8.26. The van der Waals surface area contributed by atoms with Crippen LogP contribution in [0.3, 0.4) is 0 Å². The Morgan fingerprint density at radius 3 is 3.00 bits per heavy atom. The maximum Gasteiger partial charge on any atom is 0.0991 e. The van der Waals surface area contributed by atoms with Gasteiger partial charge < -0.3 is 4.34 Å². The monoisotopic (exact) mass is 242 g/mol. The van der Waals surface area contributed by atoms with E-state index in [1.165, 1.54) is 5.56 Å². The van der Waals surface area contributed by atoms with Gasteiger partial charge in [-0.3, -0.25) is 0 Å². The maximum atomic E-state index is 8.93. The van der Waals surface area contributed by atoms with E-state index in [1.54, 1.807) is 0 Å². The zero-order valence-electron chi connectivity index (χ0n) is 9.85. The Bertz CT molecular complexity index is 602. The van der Waals surface area contributed by atoms with E-state index >= 15 is 0 Å². The molecule has 0 saturated heterocycles. The van der Waals surface area contributed by atoms with Crippen LogP contribution in [0.15, 0.2) is 30.5 Å². The van der Waals surface area contributed by atoms with Crippen LogP contribution in [0.4, 0.5) is 0 Å². The van der Waals surface area contributed by atoms with Crippen molar-refractivity contribution < 1.29 is 0 Å². The Balaban J connectivity index is 2.52. The third-order valence-corrected chi connectivity index (χ3v) is 3.17. The van der Waals surface area contributed by atoms with Gasteiger partial charge in [0.05, 0.1) is 17.1 Å². The number of unbranched alkanes of at least 4 members (excludes halogenated alkanes) is 1. The fourth-order valence-corrected chi connectivity index (χ4v) is 2.25. The molecular formula is C14H15N2P. The van der Waals surface area contributed by atoms with Gasteiger partial charge in [-0.05, 0) is 39.6 Å². The fourth-order valence-electron chi connectivity index (χ4n) is 1.86. The van der Waals surface area contributed by atoms with E-state index in [4.69, 9.17) is 5.26 Å². The van der Waals surface area contributed by atoms with Crippen LogP contribution in [-0.4, -0.2) is 4.34 Å². The summed E-state index contributed by atoms with van der Waals surface area (Å²) in [5, 5.41) is 10.1. The molecule has 2 nitrogen and oxygen atoms in total. The molecule has 2 rings (SSSR count). The number of hydrogen-bond acceptors (Lipinski definition) is 1. The molecule has 0 aliphatic rings. The second kappa shape index (κ2) is 5.17. The van der Waals surface area contributed by atoms with Crippen LogP contribution in [0.25, 0.3) is 17.0 Å². The third kappa shape index (κ3) is 2.40. The first kappa shape index (κ1) is 11.9. The number of hydrogen-bond donors (Lipinski definition) is 0. The highest BCUT2D eigenvalue weighted by Gasteiger charge is 2.04. The van der Waals surface area contributed by atoms with Gasteiger partial charge in [0.1, 0.15) is 0 Å². The van der Waals surface area contributed by atoms with Crippen molar-refractivity contribution in [2.24, 2.45) is 0 Å². The minimum atomic E-state index is 0.707. The van der Waals surface area contributed by atoms with Gasteiger partial charge in [-0.25, -0.2) is 0 Å². The summed E-state index contributed by atoms with van der Waals surface area (Å²) in [6, 6.07) is 7.96. The Morgan fingerprint density at radius 1 is 1.47 bits per heavy atom. The molecule has 0 saturated carbocycles. The average molecular weight is 242 g/mol. The number of rotatable bonds is 3. The maximum absolute atomic E-state index is 8.93. The lowest BCUT2D eigenvalue weighted by molar-refractivity contribution is 0.962. The van der Waals surface area contributed by atoms with E-state index in [9.17, 15) is 0 Å². The number of benzene rings is 1. The van der Waals surface area contributed by atoms with Crippen LogP contribution < -0.4 is 0 Å². The molecule has 0 aliphatic carbocycles. The lowest BCUT2D eigenvalue weighted by Crippen LogP contribution is -1.77. The highest BCUT2D eigenvalue weighted by atomic mass is 31.0. The fraction of sp³-hybridized carbons (Fsp3) is 0.214. The van der Waals surface area contributed by atoms with Crippen molar-refractivity contribution in [1.82, 2.24) is 4.34 Å². The summed E-state index contributed by atoms with van der Waals surface area (Å²) in [5.41, 5.74) is 3.00.